The van der Waals surface area contributed by atoms with Crippen molar-refractivity contribution < 1.29 is 4.79 Å². The molecule has 190 valence electrons. The van der Waals surface area contributed by atoms with E-state index in [1.54, 1.807) is 34.9 Å². The van der Waals surface area contributed by atoms with Crippen molar-refractivity contribution in [3.05, 3.63) is 46.5 Å². The number of carbonyl (C=O) groups excluding carboxylic acids is 1. The number of thioether (sulfide) groups is 2. The van der Waals surface area contributed by atoms with E-state index in [0.29, 0.717) is 6.54 Å². The van der Waals surface area contributed by atoms with Crippen molar-refractivity contribution in [2.45, 2.75) is 83.2 Å². The third-order valence-corrected chi connectivity index (χ3v) is 9.02. The lowest BCUT2D eigenvalue weighted by atomic mass is 10.1. The Bertz CT molecular complexity index is 1090. The summed E-state index contributed by atoms with van der Waals surface area (Å²) in [6, 6.07) is 10.6. The first-order chi connectivity index (χ1) is 17.0. The Hall–Kier alpha value is -1.70. The van der Waals surface area contributed by atoms with Gasteiger partial charge in [0.2, 0.25) is 0 Å². The molecule has 0 bridgehead atoms. The summed E-state index contributed by atoms with van der Waals surface area (Å²) in [6.07, 6.45) is 5.89. The number of carbonyl (C=O) groups is 1. The van der Waals surface area contributed by atoms with Crippen LogP contribution in [0.15, 0.2) is 40.3 Å². The van der Waals surface area contributed by atoms with Gasteiger partial charge in [0.15, 0.2) is 0 Å². The van der Waals surface area contributed by atoms with Gasteiger partial charge in [0.1, 0.15) is 5.03 Å². The number of amides is 2. The standard InChI is InChI=1S/C28H39N3OS3/c1-6-9-10-11-14-17-31(19-25-21(5)22-15-12-13-16-23(22)35-25)28(32)30-26-24(33-7-2)18-20(4)29-27(26)34-8-3/h12-13,15-16,18H,6-11,14,17,19H2,1-5H3,(H,30,32). The molecule has 0 unspecified atom stereocenters. The maximum absolute atomic E-state index is 13.7. The Morgan fingerprint density at radius 2 is 1.77 bits per heavy atom. The first-order valence-electron chi connectivity index (χ1n) is 12.8. The number of urea groups is 1. The van der Waals surface area contributed by atoms with Crippen molar-refractivity contribution in [2.24, 2.45) is 0 Å². The van der Waals surface area contributed by atoms with Gasteiger partial charge in [-0.15, -0.1) is 34.9 Å². The molecule has 3 rings (SSSR count). The van der Waals surface area contributed by atoms with Gasteiger partial charge in [-0.3, -0.25) is 0 Å². The molecule has 3 aromatic rings. The molecule has 0 atom stereocenters. The highest BCUT2D eigenvalue weighted by Gasteiger charge is 2.21. The van der Waals surface area contributed by atoms with E-state index in [-0.39, 0.29) is 6.03 Å². The number of nitrogens with zero attached hydrogens (tertiary/aromatic N) is 2. The van der Waals surface area contributed by atoms with Crippen LogP contribution in [0.2, 0.25) is 0 Å². The number of anilines is 1. The number of aryl methyl sites for hydroxylation is 2. The molecule has 0 aliphatic heterocycles. The summed E-state index contributed by atoms with van der Waals surface area (Å²) in [7, 11) is 0. The fraction of sp³-hybridized carbons (Fsp3) is 0.500. The number of unbranched alkanes of at least 4 members (excludes halogenated alkanes) is 4. The minimum absolute atomic E-state index is 0.0288. The van der Waals surface area contributed by atoms with Crippen LogP contribution in [0.4, 0.5) is 10.5 Å². The molecule has 0 aliphatic rings. The van der Waals surface area contributed by atoms with E-state index >= 15 is 0 Å². The maximum Gasteiger partial charge on any atom is 0.322 e. The van der Waals surface area contributed by atoms with Crippen LogP contribution < -0.4 is 5.32 Å². The predicted octanol–water partition coefficient (Wildman–Crippen LogP) is 9.14. The van der Waals surface area contributed by atoms with Crippen LogP contribution in [0.5, 0.6) is 0 Å². The topological polar surface area (TPSA) is 45.2 Å². The zero-order valence-electron chi connectivity index (χ0n) is 21.8. The van der Waals surface area contributed by atoms with Crippen molar-refractivity contribution in [3.63, 3.8) is 0 Å². The maximum atomic E-state index is 13.7. The van der Waals surface area contributed by atoms with E-state index < -0.39 is 0 Å². The van der Waals surface area contributed by atoms with Gasteiger partial charge in [0.25, 0.3) is 0 Å². The summed E-state index contributed by atoms with van der Waals surface area (Å²) in [5, 5.41) is 5.50. The van der Waals surface area contributed by atoms with Crippen molar-refractivity contribution in [2.75, 3.05) is 23.4 Å². The van der Waals surface area contributed by atoms with Gasteiger partial charge < -0.3 is 10.2 Å². The van der Waals surface area contributed by atoms with Crippen LogP contribution in [-0.2, 0) is 6.54 Å². The average Bonchev–Trinajstić information content (AvgIpc) is 3.15. The summed E-state index contributed by atoms with van der Waals surface area (Å²) < 4.78 is 1.29. The van der Waals surface area contributed by atoms with Crippen LogP contribution in [-0.4, -0.2) is 34.0 Å². The number of rotatable bonds is 13. The molecule has 4 nitrogen and oxygen atoms in total. The van der Waals surface area contributed by atoms with Crippen LogP contribution in [0, 0.1) is 13.8 Å². The first kappa shape index (κ1) is 27.9. The smallest absolute Gasteiger partial charge is 0.319 e. The molecule has 2 aromatic heterocycles. The van der Waals surface area contributed by atoms with Gasteiger partial charge in [-0.1, -0.05) is 64.7 Å². The normalized spacial score (nSPS) is 11.2. The lowest BCUT2D eigenvalue weighted by Crippen LogP contribution is -2.35. The quantitative estimate of drug-likeness (QED) is 0.177. The monoisotopic (exact) mass is 529 g/mol. The van der Waals surface area contributed by atoms with Crippen LogP contribution in [0.1, 0.15) is 69.0 Å². The molecule has 0 aliphatic carbocycles. The molecule has 0 fully saturated rings. The summed E-state index contributed by atoms with van der Waals surface area (Å²) in [5.74, 6) is 1.86. The molecule has 1 aromatic carbocycles. The Kier molecular flexibility index (Phi) is 11.3. The number of thiophene rings is 1. The summed E-state index contributed by atoms with van der Waals surface area (Å²) in [5.41, 5.74) is 3.14. The van der Waals surface area contributed by atoms with Gasteiger partial charge in [0, 0.05) is 26.7 Å². The van der Waals surface area contributed by atoms with Crippen LogP contribution in [0.3, 0.4) is 0 Å². The van der Waals surface area contributed by atoms with Crippen LogP contribution >= 0.6 is 34.9 Å². The number of fused-ring (bicyclic) bond motifs is 1. The number of aromatic nitrogens is 1. The average molecular weight is 530 g/mol. The third kappa shape index (κ3) is 7.64. The Balaban J connectivity index is 1.86. The highest BCUT2D eigenvalue weighted by atomic mass is 32.2. The fourth-order valence-electron chi connectivity index (χ4n) is 4.13. The second kappa shape index (κ2) is 14.1. The van der Waals surface area contributed by atoms with Gasteiger partial charge >= 0.3 is 6.03 Å². The predicted molar refractivity (Wildman–Crippen MR) is 157 cm³/mol. The van der Waals surface area contributed by atoms with Crippen molar-refractivity contribution in [1.29, 1.82) is 0 Å². The van der Waals surface area contributed by atoms with E-state index in [0.717, 1.165) is 52.2 Å². The van der Waals surface area contributed by atoms with Gasteiger partial charge in [-0.25, -0.2) is 9.78 Å². The molecule has 0 radical (unpaired) electrons. The third-order valence-electron chi connectivity index (χ3n) is 5.99. The fourth-order valence-corrected chi connectivity index (χ4v) is 7.07. The number of hydrogen-bond donors (Lipinski definition) is 1. The molecular weight excluding hydrogens is 491 g/mol. The van der Waals surface area contributed by atoms with E-state index in [1.807, 2.05) is 11.8 Å². The lowest BCUT2D eigenvalue weighted by molar-refractivity contribution is 0.208. The Morgan fingerprint density at radius 3 is 2.49 bits per heavy atom. The summed E-state index contributed by atoms with van der Waals surface area (Å²) in [6.45, 7) is 12.1. The Labute approximate surface area is 223 Å². The van der Waals surface area contributed by atoms with E-state index in [2.05, 4.69) is 63.3 Å². The SMILES string of the molecule is CCCCCCCN(Cc1sc2ccccc2c1C)C(=O)Nc1c(SCC)cc(C)nc1SCC. The minimum Gasteiger partial charge on any atom is -0.319 e. The van der Waals surface area contributed by atoms with Crippen molar-refractivity contribution in [3.8, 4) is 0 Å². The van der Waals surface area contributed by atoms with Gasteiger partial charge in [-0.2, -0.15) is 0 Å². The second-order valence-corrected chi connectivity index (χ2v) is 12.4. The van der Waals surface area contributed by atoms with E-state index in [4.69, 9.17) is 4.98 Å². The molecular formula is C28H39N3OS3. The van der Waals surface area contributed by atoms with Crippen LogP contribution in [0.25, 0.3) is 10.1 Å². The zero-order valence-corrected chi connectivity index (χ0v) is 24.2. The van der Waals surface area contributed by atoms with Crippen molar-refractivity contribution >= 4 is 56.7 Å². The second-order valence-electron chi connectivity index (χ2n) is 8.72. The summed E-state index contributed by atoms with van der Waals surface area (Å²) in [4.78, 5) is 22.9. The molecule has 2 amide bonds. The number of pyridine rings is 1. The van der Waals surface area contributed by atoms with Gasteiger partial charge in [-0.05, 0) is 54.9 Å². The molecule has 0 spiro atoms. The highest BCUT2D eigenvalue weighted by Crippen LogP contribution is 2.36. The lowest BCUT2D eigenvalue weighted by Gasteiger charge is -2.24. The highest BCUT2D eigenvalue weighted by molar-refractivity contribution is 8.00. The van der Waals surface area contributed by atoms with E-state index in [9.17, 15) is 4.79 Å². The largest absolute Gasteiger partial charge is 0.322 e. The number of benzene rings is 1. The summed E-state index contributed by atoms with van der Waals surface area (Å²) >= 11 is 5.26. The molecule has 0 saturated carbocycles. The van der Waals surface area contributed by atoms with E-state index in [1.165, 1.54) is 39.8 Å². The molecule has 1 N–H and O–H groups in total. The molecule has 2 heterocycles. The Morgan fingerprint density at radius 1 is 1.03 bits per heavy atom. The minimum atomic E-state index is -0.0288. The van der Waals surface area contributed by atoms with Gasteiger partial charge in [0.05, 0.1) is 12.2 Å². The van der Waals surface area contributed by atoms with Crippen molar-refractivity contribution in [1.82, 2.24) is 9.88 Å². The molecule has 35 heavy (non-hydrogen) atoms. The molecule has 0 saturated heterocycles. The number of nitrogens with one attached hydrogen (secondary N) is 1. The zero-order chi connectivity index (χ0) is 25.2. The molecule has 7 heteroatoms. The number of hydrogen-bond acceptors (Lipinski definition) is 5. The first-order valence-corrected chi connectivity index (χ1v) is 15.6.